The van der Waals surface area contributed by atoms with Crippen LogP contribution in [-0.2, 0) is 14.3 Å². The molecular weight excluding hydrogens is 386 g/mol. The standard InChI is InChI=1S/C27H29NO3/c1-16-8-7-9-17(12-16)20-13-18-14-27(2,3)15-21-22(18)24(26(30)31-21)23(20)25(29)28-19-10-5-4-6-11-19/h4-13,20-24H,14-15H2,1-3H3,(H,28,29)/t20-,21-,22+,23+,24-/m0/s1. The summed E-state index contributed by atoms with van der Waals surface area (Å²) in [6.07, 6.45) is 3.94. The number of esters is 1. The Hall–Kier alpha value is -2.88. The molecule has 160 valence electrons. The summed E-state index contributed by atoms with van der Waals surface area (Å²) < 4.78 is 5.89. The van der Waals surface area contributed by atoms with E-state index in [1.54, 1.807) is 0 Å². The predicted octanol–water partition coefficient (Wildman–Crippen LogP) is 5.25. The summed E-state index contributed by atoms with van der Waals surface area (Å²) in [4.78, 5) is 26.8. The van der Waals surface area contributed by atoms with Gasteiger partial charge in [-0.25, -0.2) is 0 Å². The van der Waals surface area contributed by atoms with Gasteiger partial charge in [-0.15, -0.1) is 0 Å². The first-order valence-electron chi connectivity index (χ1n) is 11.2. The highest BCUT2D eigenvalue weighted by atomic mass is 16.6. The van der Waals surface area contributed by atoms with Crippen LogP contribution in [0, 0.1) is 30.1 Å². The van der Waals surface area contributed by atoms with Crippen LogP contribution in [0.4, 0.5) is 5.69 Å². The third-order valence-corrected chi connectivity index (χ3v) is 7.13. The molecule has 4 heteroatoms. The molecule has 1 heterocycles. The van der Waals surface area contributed by atoms with Crippen molar-refractivity contribution in [3.8, 4) is 0 Å². The average molecular weight is 416 g/mol. The second-order valence-electron chi connectivity index (χ2n) is 10.1. The van der Waals surface area contributed by atoms with Gasteiger partial charge in [-0.2, -0.15) is 0 Å². The molecule has 2 aromatic rings. The number of aryl methyl sites for hydroxylation is 1. The maximum Gasteiger partial charge on any atom is 0.310 e. The molecule has 0 unspecified atom stereocenters. The molecule has 2 aromatic carbocycles. The van der Waals surface area contributed by atoms with E-state index >= 15 is 0 Å². The normalized spacial score (nSPS) is 30.7. The summed E-state index contributed by atoms with van der Waals surface area (Å²) >= 11 is 0. The lowest BCUT2D eigenvalue weighted by Crippen LogP contribution is -2.45. The molecule has 1 aliphatic heterocycles. The van der Waals surface area contributed by atoms with Gasteiger partial charge in [-0.05, 0) is 42.9 Å². The quantitative estimate of drug-likeness (QED) is 0.550. The van der Waals surface area contributed by atoms with Gasteiger partial charge in [0.15, 0.2) is 0 Å². The zero-order valence-corrected chi connectivity index (χ0v) is 18.3. The van der Waals surface area contributed by atoms with Gasteiger partial charge in [0.05, 0.1) is 11.8 Å². The first-order valence-corrected chi connectivity index (χ1v) is 11.2. The second kappa shape index (κ2) is 7.37. The van der Waals surface area contributed by atoms with Crippen molar-refractivity contribution in [3.63, 3.8) is 0 Å². The molecular formula is C27H29NO3. The van der Waals surface area contributed by atoms with Crippen molar-refractivity contribution in [1.82, 2.24) is 0 Å². The Kier molecular flexibility index (Phi) is 4.76. The number of para-hydroxylation sites is 1. The number of rotatable bonds is 3. The molecule has 4 nitrogen and oxygen atoms in total. The third-order valence-electron chi connectivity index (χ3n) is 7.13. The predicted molar refractivity (Wildman–Crippen MR) is 120 cm³/mol. The number of carbonyl (C=O) groups excluding carboxylic acids is 2. The van der Waals surface area contributed by atoms with E-state index in [2.05, 4.69) is 50.4 Å². The Bertz CT molecular complexity index is 1060. The molecule has 1 saturated heterocycles. The fourth-order valence-corrected chi connectivity index (χ4v) is 5.96. The fourth-order valence-electron chi connectivity index (χ4n) is 5.96. The molecule has 3 aliphatic rings. The van der Waals surface area contributed by atoms with E-state index in [9.17, 15) is 9.59 Å². The third kappa shape index (κ3) is 3.58. The van der Waals surface area contributed by atoms with Crippen LogP contribution in [0.1, 0.15) is 43.7 Å². The smallest absolute Gasteiger partial charge is 0.310 e. The zero-order valence-electron chi connectivity index (χ0n) is 18.3. The van der Waals surface area contributed by atoms with Crippen molar-refractivity contribution in [1.29, 1.82) is 0 Å². The van der Waals surface area contributed by atoms with Crippen LogP contribution >= 0.6 is 0 Å². The van der Waals surface area contributed by atoms with Crippen LogP contribution in [-0.4, -0.2) is 18.0 Å². The van der Waals surface area contributed by atoms with E-state index in [4.69, 9.17) is 4.74 Å². The number of anilines is 1. The molecule has 5 rings (SSSR count). The Morgan fingerprint density at radius 2 is 1.84 bits per heavy atom. The summed E-state index contributed by atoms with van der Waals surface area (Å²) in [5, 5.41) is 3.07. The lowest BCUT2D eigenvalue weighted by Gasteiger charge is -2.44. The molecule has 1 N–H and O–H groups in total. The van der Waals surface area contributed by atoms with Gasteiger partial charge < -0.3 is 10.1 Å². The molecule has 0 aromatic heterocycles. The highest BCUT2D eigenvalue weighted by Crippen LogP contribution is 2.56. The number of hydrogen-bond donors (Lipinski definition) is 1. The van der Waals surface area contributed by atoms with Crippen molar-refractivity contribution in [3.05, 3.63) is 77.4 Å². The van der Waals surface area contributed by atoms with E-state index in [0.717, 1.165) is 29.7 Å². The second-order valence-corrected chi connectivity index (χ2v) is 10.1. The SMILES string of the molecule is Cc1cccc([C@@H]2C=C3CC(C)(C)C[C@@H]4OC(=O)[C@@H]([C@H]34)[C@@H]2C(=O)Nc2ccccc2)c1. The summed E-state index contributed by atoms with van der Waals surface area (Å²) in [6, 6.07) is 17.8. The molecule has 0 spiro atoms. The highest BCUT2D eigenvalue weighted by Gasteiger charge is 2.59. The van der Waals surface area contributed by atoms with Crippen LogP contribution in [0.25, 0.3) is 0 Å². The van der Waals surface area contributed by atoms with Crippen LogP contribution in [0.3, 0.4) is 0 Å². The molecule has 2 fully saturated rings. The topological polar surface area (TPSA) is 55.4 Å². The Morgan fingerprint density at radius 3 is 2.58 bits per heavy atom. The Balaban J connectivity index is 1.60. The van der Waals surface area contributed by atoms with Gasteiger partial charge in [0, 0.05) is 17.5 Å². The van der Waals surface area contributed by atoms with E-state index in [-0.39, 0.29) is 35.2 Å². The van der Waals surface area contributed by atoms with E-state index in [0.29, 0.717) is 0 Å². The Labute approximate surface area is 183 Å². The monoisotopic (exact) mass is 415 g/mol. The van der Waals surface area contributed by atoms with Gasteiger partial charge in [-0.3, -0.25) is 9.59 Å². The lowest BCUT2D eigenvalue weighted by molar-refractivity contribution is -0.148. The molecule has 0 radical (unpaired) electrons. The Morgan fingerprint density at radius 1 is 1.06 bits per heavy atom. The van der Waals surface area contributed by atoms with Gasteiger partial charge >= 0.3 is 5.97 Å². The number of benzene rings is 2. The van der Waals surface area contributed by atoms with Crippen molar-refractivity contribution in [2.75, 3.05) is 5.32 Å². The van der Waals surface area contributed by atoms with E-state index in [1.807, 2.05) is 36.4 Å². The summed E-state index contributed by atoms with van der Waals surface area (Å²) in [6.45, 7) is 6.53. The summed E-state index contributed by atoms with van der Waals surface area (Å²) in [7, 11) is 0. The molecule has 31 heavy (non-hydrogen) atoms. The summed E-state index contributed by atoms with van der Waals surface area (Å²) in [5.41, 5.74) is 4.35. The highest BCUT2D eigenvalue weighted by molar-refractivity contribution is 5.97. The van der Waals surface area contributed by atoms with Crippen molar-refractivity contribution >= 4 is 17.6 Å². The maximum atomic E-state index is 13.6. The first-order chi connectivity index (χ1) is 14.8. The maximum absolute atomic E-state index is 13.6. The number of allylic oxidation sites excluding steroid dienone is 1. The van der Waals surface area contributed by atoms with Crippen molar-refractivity contribution in [2.45, 2.75) is 45.6 Å². The molecule has 1 saturated carbocycles. The minimum Gasteiger partial charge on any atom is -0.461 e. The molecule has 0 bridgehead atoms. The van der Waals surface area contributed by atoms with Crippen LogP contribution in [0.15, 0.2) is 66.2 Å². The average Bonchev–Trinajstić information content (AvgIpc) is 3.03. The van der Waals surface area contributed by atoms with Gasteiger partial charge in [0.2, 0.25) is 5.91 Å². The molecule has 2 aliphatic carbocycles. The van der Waals surface area contributed by atoms with E-state index in [1.165, 1.54) is 5.57 Å². The van der Waals surface area contributed by atoms with E-state index < -0.39 is 11.8 Å². The number of carbonyl (C=O) groups is 2. The molecule has 1 amide bonds. The molecule has 5 atom stereocenters. The number of nitrogens with one attached hydrogen (secondary N) is 1. The minimum atomic E-state index is -0.491. The van der Waals surface area contributed by atoms with Crippen molar-refractivity contribution in [2.24, 2.45) is 23.2 Å². The first kappa shape index (κ1) is 20.0. The zero-order chi connectivity index (χ0) is 21.8. The minimum absolute atomic E-state index is 0.00751. The lowest BCUT2D eigenvalue weighted by atomic mass is 9.58. The number of amides is 1. The van der Waals surface area contributed by atoms with Crippen LogP contribution in [0.2, 0.25) is 0 Å². The fraction of sp³-hybridized carbons (Fsp3) is 0.407. The van der Waals surface area contributed by atoms with Crippen molar-refractivity contribution < 1.29 is 14.3 Å². The van der Waals surface area contributed by atoms with Crippen LogP contribution in [0.5, 0.6) is 0 Å². The van der Waals surface area contributed by atoms with Gasteiger partial charge in [-0.1, -0.05) is 73.5 Å². The van der Waals surface area contributed by atoms with Gasteiger partial charge in [0.1, 0.15) is 6.10 Å². The van der Waals surface area contributed by atoms with Crippen LogP contribution < -0.4 is 5.32 Å². The largest absolute Gasteiger partial charge is 0.461 e. The summed E-state index contributed by atoms with van der Waals surface area (Å²) in [5.74, 6) is -1.40. The number of ether oxygens (including phenoxy) is 1. The van der Waals surface area contributed by atoms with Gasteiger partial charge in [0.25, 0.3) is 0 Å². The number of hydrogen-bond acceptors (Lipinski definition) is 3.